The van der Waals surface area contributed by atoms with E-state index in [-0.39, 0.29) is 0 Å². The molecule has 1 amide bonds. The predicted molar refractivity (Wildman–Crippen MR) is 72.3 cm³/mol. The quantitative estimate of drug-likeness (QED) is 0.723. The van der Waals surface area contributed by atoms with Crippen molar-refractivity contribution in [3.05, 3.63) is 0 Å². The molecule has 3 saturated heterocycles. The maximum Gasteiger partial charge on any atom is 0.225 e. The Morgan fingerprint density at radius 3 is 2.50 bits per heavy atom. The van der Waals surface area contributed by atoms with E-state index in [1.165, 1.54) is 38.5 Å². The fourth-order valence-electron chi connectivity index (χ4n) is 3.97. The molecule has 3 nitrogen and oxygen atoms in total. The summed E-state index contributed by atoms with van der Waals surface area (Å²) in [6.45, 7) is 3.16. The number of carbonyl (C=O) groups is 1. The van der Waals surface area contributed by atoms with Crippen molar-refractivity contribution < 1.29 is 4.79 Å². The molecule has 18 heavy (non-hydrogen) atoms. The molecule has 1 aliphatic carbocycles. The number of amides is 1. The average Bonchev–Trinajstić information content (AvgIpc) is 2.86. The van der Waals surface area contributed by atoms with Crippen LogP contribution in [0.3, 0.4) is 0 Å². The Morgan fingerprint density at radius 2 is 1.72 bits per heavy atom. The summed E-state index contributed by atoms with van der Waals surface area (Å²) in [5, 5.41) is 3.52. The Bertz CT molecular complexity index is 293. The minimum Gasteiger partial charge on any atom is -0.338 e. The van der Waals surface area contributed by atoms with E-state index in [1.807, 2.05) is 0 Å². The van der Waals surface area contributed by atoms with E-state index in [0.717, 1.165) is 32.5 Å². The van der Waals surface area contributed by atoms with E-state index >= 15 is 0 Å². The van der Waals surface area contributed by atoms with Crippen LogP contribution in [0.2, 0.25) is 0 Å². The van der Waals surface area contributed by atoms with Gasteiger partial charge in [0, 0.05) is 25.0 Å². The summed E-state index contributed by atoms with van der Waals surface area (Å²) in [5.74, 6) is 1.53. The second kappa shape index (κ2) is 5.60. The molecule has 1 N–H and O–H groups in total. The van der Waals surface area contributed by atoms with Gasteiger partial charge < -0.3 is 10.2 Å². The summed E-state index contributed by atoms with van der Waals surface area (Å²) in [6, 6.07) is 0.486. The summed E-state index contributed by atoms with van der Waals surface area (Å²) >= 11 is 0. The summed E-state index contributed by atoms with van der Waals surface area (Å²) in [6.07, 6.45) is 9.99. The highest BCUT2D eigenvalue weighted by Gasteiger charge is 2.36. The zero-order valence-electron chi connectivity index (χ0n) is 11.4. The average molecular weight is 250 g/mol. The predicted octanol–water partition coefficient (Wildman–Crippen LogP) is 2.17. The molecule has 0 aromatic carbocycles. The van der Waals surface area contributed by atoms with E-state index in [0.29, 0.717) is 23.8 Å². The maximum absolute atomic E-state index is 12.7. The second-order valence-corrected chi connectivity index (χ2v) is 6.43. The minimum atomic E-state index is 0.340. The van der Waals surface area contributed by atoms with E-state index < -0.39 is 0 Å². The largest absolute Gasteiger partial charge is 0.338 e. The first-order chi connectivity index (χ1) is 8.84. The van der Waals surface area contributed by atoms with Crippen LogP contribution in [0.5, 0.6) is 0 Å². The molecule has 0 spiro atoms. The molecule has 3 heterocycles. The Kier molecular flexibility index (Phi) is 3.88. The number of nitrogens with one attached hydrogen (secondary N) is 1. The number of piperidine rings is 1. The number of fused-ring (bicyclic) bond motifs is 4. The molecule has 0 aromatic heterocycles. The third-order valence-electron chi connectivity index (χ3n) is 5.10. The maximum atomic E-state index is 12.7. The lowest BCUT2D eigenvalue weighted by atomic mass is 9.91. The Morgan fingerprint density at radius 1 is 0.944 bits per heavy atom. The second-order valence-electron chi connectivity index (χ2n) is 6.43. The normalized spacial score (nSPS) is 34.1. The molecule has 4 rings (SSSR count). The molecule has 0 radical (unpaired) electrons. The zero-order chi connectivity index (χ0) is 12.4. The number of carbonyl (C=O) groups excluding carboxylic acids is 1. The molecule has 1 saturated carbocycles. The molecule has 2 atom stereocenters. The molecule has 0 aromatic rings. The smallest absolute Gasteiger partial charge is 0.225 e. The van der Waals surface area contributed by atoms with Gasteiger partial charge in [-0.3, -0.25) is 4.79 Å². The third kappa shape index (κ3) is 2.56. The first-order valence-electron chi connectivity index (χ1n) is 7.86. The van der Waals surface area contributed by atoms with Gasteiger partial charge in [0.15, 0.2) is 0 Å². The van der Waals surface area contributed by atoms with Crippen molar-refractivity contribution in [1.82, 2.24) is 10.2 Å². The van der Waals surface area contributed by atoms with Crippen LogP contribution in [0.15, 0.2) is 0 Å². The molecular weight excluding hydrogens is 224 g/mol. The lowest BCUT2D eigenvalue weighted by Crippen LogP contribution is -2.49. The van der Waals surface area contributed by atoms with Crippen LogP contribution < -0.4 is 5.32 Å². The van der Waals surface area contributed by atoms with Crippen LogP contribution in [0.25, 0.3) is 0 Å². The van der Waals surface area contributed by atoms with Crippen LogP contribution in [0.1, 0.15) is 51.4 Å². The monoisotopic (exact) mass is 250 g/mol. The van der Waals surface area contributed by atoms with Gasteiger partial charge in [-0.1, -0.05) is 25.7 Å². The fourth-order valence-corrected chi connectivity index (χ4v) is 3.97. The van der Waals surface area contributed by atoms with Crippen molar-refractivity contribution in [2.24, 2.45) is 11.8 Å². The van der Waals surface area contributed by atoms with E-state index in [4.69, 9.17) is 0 Å². The van der Waals surface area contributed by atoms with Crippen molar-refractivity contribution in [1.29, 1.82) is 0 Å². The molecular formula is C15H26N2O. The Labute approximate surface area is 110 Å². The first kappa shape index (κ1) is 12.5. The standard InChI is InChI=1S/C15H26N2O/c18-15(13-5-3-1-2-4-6-13)17-11-12-7-8-14(17)10-16-9-12/h12-14,16H,1-11H2/t12-,14+/m1/s1. The number of hydrogen-bond acceptors (Lipinski definition) is 2. The van der Waals surface area contributed by atoms with Gasteiger partial charge in [-0.05, 0) is 38.1 Å². The molecule has 4 fully saturated rings. The molecule has 3 aliphatic heterocycles. The van der Waals surface area contributed by atoms with Gasteiger partial charge in [0.1, 0.15) is 0 Å². The molecule has 102 valence electrons. The zero-order valence-corrected chi connectivity index (χ0v) is 11.4. The van der Waals surface area contributed by atoms with E-state index in [9.17, 15) is 4.79 Å². The highest BCUT2D eigenvalue weighted by molar-refractivity contribution is 5.79. The summed E-state index contributed by atoms with van der Waals surface area (Å²) < 4.78 is 0. The van der Waals surface area contributed by atoms with Gasteiger partial charge >= 0.3 is 0 Å². The van der Waals surface area contributed by atoms with Crippen LogP contribution in [0, 0.1) is 11.8 Å². The van der Waals surface area contributed by atoms with Crippen molar-refractivity contribution in [2.45, 2.75) is 57.4 Å². The van der Waals surface area contributed by atoms with Crippen molar-refractivity contribution >= 4 is 5.91 Å². The summed E-state index contributed by atoms with van der Waals surface area (Å²) in [5.41, 5.74) is 0. The highest BCUT2D eigenvalue weighted by Crippen LogP contribution is 2.30. The van der Waals surface area contributed by atoms with Gasteiger partial charge in [0.25, 0.3) is 0 Å². The number of hydrogen-bond donors (Lipinski definition) is 1. The van der Waals surface area contributed by atoms with Crippen molar-refractivity contribution in [2.75, 3.05) is 19.6 Å². The van der Waals surface area contributed by atoms with Gasteiger partial charge in [-0.25, -0.2) is 0 Å². The topological polar surface area (TPSA) is 32.3 Å². The van der Waals surface area contributed by atoms with Crippen LogP contribution >= 0.6 is 0 Å². The van der Waals surface area contributed by atoms with E-state index in [2.05, 4.69) is 10.2 Å². The van der Waals surface area contributed by atoms with Gasteiger partial charge in [-0.2, -0.15) is 0 Å². The van der Waals surface area contributed by atoms with E-state index in [1.54, 1.807) is 0 Å². The SMILES string of the molecule is O=C(C1CCCCCC1)N1C[C@@H]2CC[C@H]1CNC2. The van der Waals surface area contributed by atoms with Crippen LogP contribution in [-0.4, -0.2) is 36.5 Å². The Balaban J connectivity index is 1.67. The summed E-state index contributed by atoms with van der Waals surface area (Å²) in [7, 11) is 0. The first-order valence-corrected chi connectivity index (χ1v) is 7.86. The van der Waals surface area contributed by atoms with Gasteiger partial charge in [0.05, 0.1) is 0 Å². The number of rotatable bonds is 1. The fraction of sp³-hybridized carbons (Fsp3) is 0.933. The Hall–Kier alpha value is -0.570. The van der Waals surface area contributed by atoms with Gasteiger partial charge in [0.2, 0.25) is 5.91 Å². The van der Waals surface area contributed by atoms with Crippen molar-refractivity contribution in [3.8, 4) is 0 Å². The van der Waals surface area contributed by atoms with Gasteiger partial charge in [-0.15, -0.1) is 0 Å². The third-order valence-corrected chi connectivity index (χ3v) is 5.10. The van der Waals surface area contributed by atoms with Crippen LogP contribution in [0.4, 0.5) is 0 Å². The lowest BCUT2D eigenvalue weighted by molar-refractivity contribution is -0.140. The molecule has 4 aliphatic rings. The summed E-state index contributed by atoms with van der Waals surface area (Å²) in [4.78, 5) is 15.0. The molecule has 2 bridgehead atoms. The minimum absolute atomic E-state index is 0.340. The number of nitrogens with zero attached hydrogens (tertiary/aromatic N) is 1. The lowest BCUT2D eigenvalue weighted by Gasteiger charge is -2.38. The molecule has 3 heteroatoms. The molecule has 0 unspecified atom stereocenters. The van der Waals surface area contributed by atoms with Crippen molar-refractivity contribution in [3.63, 3.8) is 0 Å². The highest BCUT2D eigenvalue weighted by atomic mass is 16.2. The van der Waals surface area contributed by atoms with Crippen LogP contribution in [-0.2, 0) is 4.79 Å².